The average Bonchev–Trinajstić information content (AvgIpc) is 2.97. The molecule has 0 unspecified atom stereocenters. The van der Waals surface area contributed by atoms with E-state index in [-0.39, 0.29) is 5.41 Å². The first-order valence-corrected chi connectivity index (χ1v) is 9.72. The van der Waals surface area contributed by atoms with E-state index in [0.717, 1.165) is 57.9 Å². The highest BCUT2D eigenvalue weighted by Crippen LogP contribution is 2.51. The quantitative estimate of drug-likeness (QED) is 0.650. The van der Waals surface area contributed by atoms with Crippen LogP contribution in [0, 0.1) is 0 Å². The van der Waals surface area contributed by atoms with Crippen molar-refractivity contribution in [2.75, 3.05) is 6.54 Å². The lowest BCUT2D eigenvalue weighted by Crippen LogP contribution is -2.14. The fourth-order valence-electron chi connectivity index (χ4n) is 4.30. The smallest absolute Gasteiger partial charge is 0.125 e. The Labute approximate surface area is 165 Å². The number of benzene rings is 2. The van der Waals surface area contributed by atoms with Crippen molar-refractivity contribution in [2.45, 2.75) is 25.7 Å². The Hall–Kier alpha value is -3.20. The fraction of sp³-hybridized carbons (Fsp3) is 0.200. The normalized spacial score (nSPS) is 16.4. The Morgan fingerprint density at radius 3 is 2.57 bits per heavy atom. The number of pyridine rings is 1. The SMILES string of the molecule is CC1(C)c2ccc(-c3cccc(C4=NCCC=C4)c3)nc2-c2c(O)cccc21. The van der Waals surface area contributed by atoms with Gasteiger partial charge >= 0.3 is 0 Å². The maximum Gasteiger partial charge on any atom is 0.125 e. The maximum atomic E-state index is 10.5. The standard InChI is InChI=1S/C25H22N2O/c1-25(2)18-9-6-11-22(28)23(18)24-19(25)12-13-21(27-24)17-8-5-7-16(15-17)20-10-3-4-14-26-20/h3,5-13,15,28H,4,14H2,1-2H3. The van der Waals surface area contributed by atoms with Crippen LogP contribution in [0.3, 0.4) is 0 Å². The molecule has 0 fully saturated rings. The van der Waals surface area contributed by atoms with E-state index in [1.165, 1.54) is 0 Å². The number of aliphatic imine (C=N–C) groups is 1. The number of allylic oxidation sites excluding steroid dienone is 1. The molecule has 3 aromatic rings. The Bertz CT molecular complexity index is 1150. The molecule has 3 nitrogen and oxygen atoms in total. The maximum absolute atomic E-state index is 10.5. The van der Waals surface area contributed by atoms with Crippen molar-refractivity contribution < 1.29 is 5.11 Å². The molecule has 1 N–H and O–H groups in total. The molecule has 0 radical (unpaired) electrons. The molecule has 1 aromatic heterocycles. The van der Waals surface area contributed by atoms with Gasteiger partial charge in [0.2, 0.25) is 0 Å². The molecule has 0 saturated heterocycles. The Balaban J connectivity index is 1.64. The average molecular weight is 366 g/mol. The summed E-state index contributed by atoms with van der Waals surface area (Å²) < 4.78 is 0. The van der Waals surface area contributed by atoms with Crippen molar-refractivity contribution in [1.29, 1.82) is 0 Å². The monoisotopic (exact) mass is 366 g/mol. The van der Waals surface area contributed by atoms with Crippen molar-refractivity contribution in [3.8, 4) is 28.3 Å². The summed E-state index contributed by atoms with van der Waals surface area (Å²) in [5.74, 6) is 0.296. The van der Waals surface area contributed by atoms with Crippen LogP contribution < -0.4 is 0 Å². The number of hydrogen-bond acceptors (Lipinski definition) is 3. The van der Waals surface area contributed by atoms with Crippen molar-refractivity contribution in [3.63, 3.8) is 0 Å². The van der Waals surface area contributed by atoms with Gasteiger partial charge in [-0.1, -0.05) is 56.3 Å². The predicted octanol–water partition coefficient (Wildman–Crippen LogP) is 5.51. The van der Waals surface area contributed by atoms with E-state index < -0.39 is 0 Å². The molecule has 28 heavy (non-hydrogen) atoms. The van der Waals surface area contributed by atoms with Crippen molar-refractivity contribution in [1.82, 2.24) is 4.98 Å². The van der Waals surface area contributed by atoms with Crippen LogP contribution in [-0.2, 0) is 5.41 Å². The van der Waals surface area contributed by atoms with Gasteiger partial charge in [-0.15, -0.1) is 0 Å². The molecule has 2 aliphatic rings. The van der Waals surface area contributed by atoms with Gasteiger partial charge in [-0.3, -0.25) is 4.99 Å². The van der Waals surface area contributed by atoms with Crippen LogP contribution in [0.25, 0.3) is 22.5 Å². The molecule has 0 atom stereocenters. The summed E-state index contributed by atoms with van der Waals surface area (Å²) in [6.45, 7) is 5.22. The van der Waals surface area contributed by atoms with Crippen LogP contribution in [0.1, 0.15) is 37.0 Å². The number of dihydropyridines is 1. The summed E-state index contributed by atoms with van der Waals surface area (Å²) in [4.78, 5) is 9.62. The number of rotatable bonds is 2. The van der Waals surface area contributed by atoms with Gasteiger partial charge in [0.15, 0.2) is 0 Å². The van der Waals surface area contributed by atoms with Crippen LogP contribution in [0.2, 0.25) is 0 Å². The summed E-state index contributed by atoms with van der Waals surface area (Å²) in [5, 5.41) is 10.5. The molecular weight excluding hydrogens is 344 g/mol. The zero-order valence-electron chi connectivity index (χ0n) is 16.1. The molecule has 0 saturated carbocycles. The van der Waals surface area contributed by atoms with Gasteiger partial charge in [-0.2, -0.15) is 0 Å². The number of aromatic hydroxyl groups is 1. The lowest BCUT2D eigenvalue weighted by molar-refractivity contribution is 0.476. The first-order chi connectivity index (χ1) is 13.6. The molecule has 2 aromatic carbocycles. The first kappa shape index (κ1) is 16.9. The summed E-state index contributed by atoms with van der Waals surface area (Å²) in [6.07, 6.45) is 5.27. The molecule has 0 spiro atoms. The van der Waals surface area contributed by atoms with E-state index in [9.17, 15) is 5.11 Å². The lowest BCUT2D eigenvalue weighted by Gasteiger charge is -2.21. The van der Waals surface area contributed by atoms with Gasteiger partial charge in [0.25, 0.3) is 0 Å². The summed E-state index contributed by atoms with van der Waals surface area (Å²) in [5.41, 5.74) is 7.97. The Morgan fingerprint density at radius 2 is 1.75 bits per heavy atom. The van der Waals surface area contributed by atoms with E-state index in [1.807, 2.05) is 6.07 Å². The van der Waals surface area contributed by atoms with Gasteiger partial charge in [0.05, 0.1) is 17.1 Å². The van der Waals surface area contributed by atoms with Gasteiger partial charge in [-0.05, 0) is 41.8 Å². The largest absolute Gasteiger partial charge is 0.507 e. The highest BCUT2D eigenvalue weighted by molar-refractivity contribution is 6.09. The number of fused-ring (bicyclic) bond motifs is 3. The second-order valence-electron chi connectivity index (χ2n) is 7.96. The highest BCUT2D eigenvalue weighted by atomic mass is 16.3. The number of phenolic OH excluding ortho intramolecular Hbond substituents is 1. The zero-order chi connectivity index (χ0) is 19.3. The van der Waals surface area contributed by atoms with Gasteiger partial charge in [0, 0.05) is 28.7 Å². The summed E-state index contributed by atoms with van der Waals surface area (Å²) in [7, 11) is 0. The lowest BCUT2D eigenvalue weighted by atomic mass is 9.82. The molecule has 138 valence electrons. The molecule has 1 aliphatic heterocycles. The molecule has 5 rings (SSSR count). The second-order valence-corrected chi connectivity index (χ2v) is 7.96. The van der Waals surface area contributed by atoms with E-state index in [4.69, 9.17) is 4.98 Å². The highest BCUT2D eigenvalue weighted by Gasteiger charge is 2.38. The van der Waals surface area contributed by atoms with E-state index in [0.29, 0.717) is 5.75 Å². The van der Waals surface area contributed by atoms with Crippen molar-refractivity contribution >= 4 is 5.71 Å². The van der Waals surface area contributed by atoms with Crippen molar-refractivity contribution in [2.24, 2.45) is 4.99 Å². The third-order valence-corrected chi connectivity index (χ3v) is 5.83. The fourth-order valence-corrected chi connectivity index (χ4v) is 4.30. The molecule has 1 aliphatic carbocycles. The van der Waals surface area contributed by atoms with Crippen LogP contribution in [0.5, 0.6) is 5.75 Å². The minimum Gasteiger partial charge on any atom is -0.507 e. The number of phenols is 1. The summed E-state index contributed by atoms with van der Waals surface area (Å²) >= 11 is 0. The Morgan fingerprint density at radius 1 is 0.929 bits per heavy atom. The van der Waals surface area contributed by atoms with Gasteiger partial charge < -0.3 is 5.11 Å². The van der Waals surface area contributed by atoms with Crippen molar-refractivity contribution in [3.05, 3.63) is 83.4 Å². The molecular formula is C25H22N2O. The van der Waals surface area contributed by atoms with E-state index >= 15 is 0 Å². The Kier molecular flexibility index (Phi) is 3.73. The number of nitrogens with zero attached hydrogens (tertiary/aromatic N) is 2. The minimum atomic E-state index is -0.168. The zero-order valence-corrected chi connectivity index (χ0v) is 16.1. The molecule has 3 heteroatoms. The third-order valence-electron chi connectivity index (χ3n) is 5.83. The van der Waals surface area contributed by atoms with Crippen LogP contribution in [-0.4, -0.2) is 22.3 Å². The van der Waals surface area contributed by atoms with Crippen LogP contribution in [0.4, 0.5) is 0 Å². The number of aromatic nitrogens is 1. The third kappa shape index (κ3) is 2.50. The minimum absolute atomic E-state index is 0.168. The topological polar surface area (TPSA) is 45.5 Å². The van der Waals surface area contributed by atoms with E-state index in [1.54, 1.807) is 6.07 Å². The molecule has 0 bridgehead atoms. The van der Waals surface area contributed by atoms with Gasteiger partial charge in [0.1, 0.15) is 5.75 Å². The first-order valence-electron chi connectivity index (χ1n) is 9.72. The van der Waals surface area contributed by atoms with Gasteiger partial charge in [-0.25, -0.2) is 4.98 Å². The molecule has 0 amide bonds. The molecule has 2 heterocycles. The second kappa shape index (κ2) is 6.16. The number of hydrogen-bond donors (Lipinski definition) is 1. The van der Waals surface area contributed by atoms with Crippen LogP contribution >= 0.6 is 0 Å². The predicted molar refractivity (Wildman–Crippen MR) is 114 cm³/mol. The summed E-state index contributed by atoms with van der Waals surface area (Å²) in [6, 6.07) is 18.4. The van der Waals surface area contributed by atoms with Crippen LogP contribution in [0.15, 0.2) is 71.7 Å². The van der Waals surface area contributed by atoms with E-state index in [2.05, 4.69) is 73.5 Å².